The number of nitrogens with zero attached hydrogens (tertiary/aromatic N) is 1. The highest BCUT2D eigenvalue weighted by Gasteiger charge is 2.18. The molecule has 108 valence electrons. The van der Waals surface area contributed by atoms with Crippen LogP contribution in [0.3, 0.4) is 0 Å². The summed E-state index contributed by atoms with van der Waals surface area (Å²) in [6.45, 7) is 0.158. The minimum Gasteiger partial charge on any atom is -0.399 e. The van der Waals surface area contributed by atoms with E-state index in [0.717, 1.165) is 6.26 Å². The van der Waals surface area contributed by atoms with Crippen LogP contribution >= 0.6 is 0 Å². The molecule has 9 heteroatoms. The van der Waals surface area contributed by atoms with Crippen molar-refractivity contribution in [3.63, 3.8) is 0 Å². The Labute approximate surface area is 113 Å². The molecule has 0 saturated heterocycles. The summed E-state index contributed by atoms with van der Waals surface area (Å²) in [6.07, 6.45) is 1.12. The minimum atomic E-state index is -3.93. The SMILES string of the molecule is CN(CCS(C)(=O)=O)c1ccc(N)cc1S(N)(=O)=O. The second-order valence-corrected chi connectivity index (χ2v) is 8.11. The van der Waals surface area contributed by atoms with Gasteiger partial charge in [0.15, 0.2) is 0 Å². The fraction of sp³-hybridized carbons (Fsp3) is 0.400. The van der Waals surface area contributed by atoms with Crippen molar-refractivity contribution in [3.8, 4) is 0 Å². The number of primary sulfonamides is 1. The van der Waals surface area contributed by atoms with Crippen molar-refractivity contribution in [3.05, 3.63) is 18.2 Å². The molecule has 1 aromatic rings. The highest BCUT2D eigenvalue weighted by atomic mass is 32.2. The number of sulfone groups is 1. The van der Waals surface area contributed by atoms with Gasteiger partial charge in [0.05, 0.1) is 11.4 Å². The first-order chi connectivity index (χ1) is 8.50. The summed E-state index contributed by atoms with van der Waals surface area (Å²) in [5.41, 5.74) is 6.12. The van der Waals surface area contributed by atoms with Crippen molar-refractivity contribution >= 4 is 31.2 Å². The Bertz CT molecular complexity index is 668. The zero-order valence-corrected chi connectivity index (χ0v) is 12.3. The number of hydrogen-bond donors (Lipinski definition) is 2. The Morgan fingerprint density at radius 1 is 1.21 bits per heavy atom. The zero-order chi connectivity index (χ0) is 14.8. The Morgan fingerprint density at radius 2 is 1.79 bits per heavy atom. The molecule has 0 aliphatic carbocycles. The molecule has 0 aromatic heterocycles. The lowest BCUT2D eigenvalue weighted by molar-refractivity contribution is 0.597. The third-order valence-electron chi connectivity index (χ3n) is 2.50. The smallest absolute Gasteiger partial charge is 0.240 e. The fourth-order valence-corrected chi connectivity index (χ4v) is 2.92. The van der Waals surface area contributed by atoms with Crippen molar-refractivity contribution in [1.82, 2.24) is 0 Å². The molecular formula is C10H17N3O4S2. The summed E-state index contributed by atoms with van der Waals surface area (Å²) in [6, 6.07) is 4.28. The van der Waals surface area contributed by atoms with E-state index < -0.39 is 19.9 Å². The zero-order valence-electron chi connectivity index (χ0n) is 10.7. The molecular weight excluding hydrogens is 290 g/mol. The Hall–Kier alpha value is -1.32. The van der Waals surface area contributed by atoms with E-state index >= 15 is 0 Å². The highest BCUT2D eigenvalue weighted by Crippen LogP contribution is 2.25. The number of sulfonamides is 1. The third kappa shape index (κ3) is 4.69. The first-order valence-corrected chi connectivity index (χ1v) is 8.92. The maximum absolute atomic E-state index is 11.5. The maximum Gasteiger partial charge on any atom is 0.240 e. The van der Waals surface area contributed by atoms with Crippen LogP contribution in [0.1, 0.15) is 0 Å². The number of rotatable bonds is 5. The summed E-state index contributed by atoms with van der Waals surface area (Å²) in [4.78, 5) is 1.39. The first kappa shape index (κ1) is 15.7. The fourth-order valence-electron chi connectivity index (χ4n) is 1.50. The Balaban J connectivity index is 3.13. The maximum atomic E-state index is 11.5. The summed E-state index contributed by atoms with van der Waals surface area (Å²) in [5.74, 6) is -0.0854. The number of anilines is 2. The van der Waals surface area contributed by atoms with E-state index in [2.05, 4.69) is 0 Å². The topological polar surface area (TPSA) is 124 Å². The van der Waals surface area contributed by atoms with E-state index in [9.17, 15) is 16.8 Å². The van der Waals surface area contributed by atoms with Crippen LogP contribution in [0.25, 0.3) is 0 Å². The van der Waals surface area contributed by atoms with Crippen LogP contribution in [0.2, 0.25) is 0 Å². The second-order valence-electron chi connectivity index (χ2n) is 4.32. The Kier molecular flexibility index (Phi) is 4.43. The molecule has 7 nitrogen and oxygen atoms in total. The van der Waals surface area contributed by atoms with Crippen molar-refractivity contribution in [1.29, 1.82) is 0 Å². The van der Waals surface area contributed by atoms with Crippen LogP contribution in [-0.2, 0) is 19.9 Å². The second kappa shape index (κ2) is 5.35. The van der Waals surface area contributed by atoms with E-state index in [-0.39, 0.29) is 22.9 Å². The molecule has 0 spiro atoms. The molecule has 0 unspecified atom stereocenters. The van der Waals surface area contributed by atoms with Gasteiger partial charge in [-0.25, -0.2) is 22.0 Å². The minimum absolute atomic E-state index is 0.0854. The lowest BCUT2D eigenvalue weighted by Crippen LogP contribution is -2.27. The van der Waals surface area contributed by atoms with Crippen LogP contribution in [0, 0.1) is 0 Å². The van der Waals surface area contributed by atoms with Crippen LogP contribution in [0.15, 0.2) is 23.1 Å². The molecule has 0 atom stereocenters. The van der Waals surface area contributed by atoms with Crippen molar-refractivity contribution in [2.45, 2.75) is 4.90 Å². The van der Waals surface area contributed by atoms with Gasteiger partial charge in [0.1, 0.15) is 14.7 Å². The van der Waals surface area contributed by atoms with Crippen molar-refractivity contribution in [2.24, 2.45) is 5.14 Å². The van der Waals surface area contributed by atoms with Gasteiger partial charge >= 0.3 is 0 Å². The molecule has 0 fully saturated rings. The van der Waals surface area contributed by atoms with Crippen LogP contribution in [0.5, 0.6) is 0 Å². The largest absolute Gasteiger partial charge is 0.399 e. The van der Waals surface area contributed by atoms with Gasteiger partial charge in [0, 0.05) is 25.5 Å². The predicted molar refractivity (Wildman–Crippen MR) is 75.2 cm³/mol. The average Bonchev–Trinajstić information content (AvgIpc) is 2.23. The lowest BCUT2D eigenvalue weighted by atomic mass is 10.2. The predicted octanol–water partition coefficient (Wildman–Crippen LogP) is -0.603. The molecule has 0 aliphatic rings. The van der Waals surface area contributed by atoms with Gasteiger partial charge in [-0.3, -0.25) is 0 Å². The standard InChI is InChI=1S/C10H17N3O4S2/c1-13(5-6-18(2,14)15)9-4-3-8(11)7-10(9)19(12,16)17/h3-4,7H,5-6,11H2,1-2H3,(H2,12,16,17). The normalized spacial score (nSPS) is 12.4. The molecule has 0 aliphatic heterocycles. The molecule has 1 rings (SSSR count). The van der Waals surface area contributed by atoms with E-state index in [4.69, 9.17) is 10.9 Å². The van der Waals surface area contributed by atoms with Crippen molar-refractivity contribution < 1.29 is 16.8 Å². The van der Waals surface area contributed by atoms with E-state index in [0.29, 0.717) is 5.69 Å². The van der Waals surface area contributed by atoms with Crippen LogP contribution in [0.4, 0.5) is 11.4 Å². The summed E-state index contributed by atoms with van der Waals surface area (Å²) < 4.78 is 45.2. The molecule has 1 aromatic carbocycles. The number of nitrogen functional groups attached to an aromatic ring is 1. The van der Waals surface area contributed by atoms with Crippen molar-refractivity contribution in [2.75, 3.05) is 36.2 Å². The molecule has 0 saturated carbocycles. The molecule has 4 N–H and O–H groups in total. The van der Waals surface area contributed by atoms with Gasteiger partial charge in [-0.1, -0.05) is 0 Å². The van der Waals surface area contributed by atoms with Gasteiger partial charge in [-0.2, -0.15) is 0 Å². The molecule has 0 radical (unpaired) electrons. The highest BCUT2D eigenvalue weighted by molar-refractivity contribution is 7.90. The van der Waals surface area contributed by atoms with Gasteiger partial charge < -0.3 is 10.6 Å². The molecule has 0 heterocycles. The molecule has 0 amide bonds. The lowest BCUT2D eigenvalue weighted by Gasteiger charge is -2.21. The van der Waals surface area contributed by atoms with Crippen LogP contribution < -0.4 is 15.8 Å². The molecule has 19 heavy (non-hydrogen) atoms. The van der Waals surface area contributed by atoms with Gasteiger partial charge in [0.2, 0.25) is 10.0 Å². The van der Waals surface area contributed by atoms with Gasteiger partial charge in [-0.05, 0) is 18.2 Å². The Morgan fingerprint density at radius 3 is 2.26 bits per heavy atom. The number of benzene rings is 1. The van der Waals surface area contributed by atoms with E-state index in [1.54, 1.807) is 7.05 Å². The molecule has 0 bridgehead atoms. The van der Waals surface area contributed by atoms with E-state index in [1.165, 1.54) is 23.1 Å². The third-order valence-corrected chi connectivity index (χ3v) is 4.36. The quantitative estimate of drug-likeness (QED) is 0.700. The van der Waals surface area contributed by atoms with Crippen LogP contribution in [-0.4, -0.2) is 42.4 Å². The number of nitrogens with two attached hydrogens (primary N) is 2. The summed E-state index contributed by atoms with van der Waals surface area (Å²) in [5, 5.41) is 5.12. The number of hydrogen-bond acceptors (Lipinski definition) is 6. The first-order valence-electron chi connectivity index (χ1n) is 5.32. The monoisotopic (exact) mass is 307 g/mol. The van der Waals surface area contributed by atoms with Gasteiger partial charge in [-0.15, -0.1) is 0 Å². The van der Waals surface area contributed by atoms with Gasteiger partial charge in [0.25, 0.3) is 0 Å². The summed E-state index contributed by atoms with van der Waals surface area (Å²) >= 11 is 0. The van der Waals surface area contributed by atoms with E-state index in [1.807, 2.05) is 0 Å². The summed E-state index contributed by atoms with van der Waals surface area (Å²) in [7, 11) is -5.47. The average molecular weight is 307 g/mol.